The van der Waals surface area contributed by atoms with E-state index in [0.29, 0.717) is 5.69 Å². The van der Waals surface area contributed by atoms with E-state index in [2.05, 4.69) is 22.4 Å². The average Bonchev–Trinajstić information content (AvgIpc) is 2.83. The van der Waals surface area contributed by atoms with Crippen LogP contribution in [0.5, 0.6) is 0 Å². The number of nitrogens with one attached hydrogen (secondary N) is 2. The molecule has 2 N–H and O–H groups in total. The number of para-hydroxylation sites is 1. The number of nitrogens with zero attached hydrogens (tertiary/aromatic N) is 1. The van der Waals surface area contributed by atoms with Gasteiger partial charge in [0, 0.05) is 10.9 Å². The lowest BCUT2D eigenvalue weighted by molar-refractivity contribution is 0.0879. The lowest BCUT2D eigenvalue weighted by Gasteiger charge is -2.34. The van der Waals surface area contributed by atoms with Crippen molar-refractivity contribution in [1.29, 1.82) is 0 Å². The largest absolute Gasteiger partial charge is 0.345 e. The molecule has 100 valence electrons. The molecule has 1 fully saturated rings. The SMILES string of the molecule is CC1(NC(=O)c2n[nH]c3ccccc23)CCCCC1. The summed E-state index contributed by atoms with van der Waals surface area (Å²) in [6.45, 7) is 2.14. The van der Waals surface area contributed by atoms with Crippen molar-refractivity contribution < 1.29 is 4.79 Å². The molecular formula is C15H19N3O. The Hall–Kier alpha value is -1.84. The van der Waals surface area contributed by atoms with Gasteiger partial charge in [0.2, 0.25) is 0 Å². The van der Waals surface area contributed by atoms with Gasteiger partial charge < -0.3 is 5.32 Å². The minimum absolute atomic E-state index is 0.0677. The molecule has 4 nitrogen and oxygen atoms in total. The summed E-state index contributed by atoms with van der Waals surface area (Å²) in [4.78, 5) is 12.4. The fourth-order valence-electron chi connectivity index (χ4n) is 2.93. The molecule has 0 saturated heterocycles. The molecule has 2 aromatic rings. The average molecular weight is 257 g/mol. The molecule has 19 heavy (non-hydrogen) atoms. The highest BCUT2D eigenvalue weighted by molar-refractivity contribution is 6.04. The summed E-state index contributed by atoms with van der Waals surface area (Å²) in [6, 6.07) is 7.72. The summed E-state index contributed by atoms with van der Waals surface area (Å²) in [7, 11) is 0. The van der Waals surface area contributed by atoms with Crippen LogP contribution in [0.25, 0.3) is 10.9 Å². The predicted octanol–water partition coefficient (Wildman–Crippen LogP) is 3.02. The Bertz CT molecular complexity index is 596. The molecule has 1 aromatic heterocycles. The molecule has 1 aliphatic rings. The van der Waals surface area contributed by atoms with Gasteiger partial charge in [0.1, 0.15) is 0 Å². The fourth-order valence-corrected chi connectivity index (χ4v) is 2.93. The normalized spacial score (nSPS) is 18.4. The van der Waals surface area contributed by atoms with Crippen LogP contribution in [0.1, 0.15) is 49.5 Å². The van der Waals surface area contributed by atoms with Gasteiger partial charge in [-0.25, -0.2) is 0 Å². The monoisotopic (exact) mass is 257 g/mol. The minimum Gasteiger partial charge on any atom is -0.345 e. The molecule has 0 bridgehead atoms. The predicted molar refractivity (Wildman–Crippen MR) is 75.0 cm³/mol. The third kappa shape index (κ3) is 2.35. The molecule has 3 rings (SSSR count). The van der Waals surface area contributed by atoms with Crippen LogP contribution < -0.4 is 5.32 Å². The van der Waals surface area contributed by atoms with Gasteiger partial charge >= 0.3 is 0 Å². The second-order valence-corrected chi connectivity index (χ2v) is 5.69. The van der Waals surface area contributed by atoms with Crippen molar-refractivity contribution in [2.75, 3.05) is 0 Å². The summed E-state index contributed by atoms with van der Waals surface area (Å²) in [5.41, 5.74) is 1.33. The van der Waals surface area contributed by atoms with Crippen molar-refractivity contribution >= 4 is 16.8 Å². The molecule has 0 atom stereocenters. The van der Waals surface area contributed by atoms with E-state index in [0.717, 1.165) is 23.7 Å². The molecule has 1 amide bonds. The molecular weight excluding hydrogens is 238 g/mol. The summed E-state index contributed by atoms with van der Waals surface area (Å²) < 4.78 is 0. The van der Waals surface area contributed by atoms with E-state index in [-0.39, 0.29) is 11.4 Å². The van der Waals surface area contributed by atoms with Crippen LogP contribution in [0, 0.1) is 0 Å². The van der Waals surface area contributed by atoms with Gasteiger partial charge in [-0.15, -0.1) is 0 Å². The van der Waals surface area contributed by atoms with Crippen LogP contribution in [-0.4, -0.2) is 21.6 Å². The first-order chi connectivity index (χ1) is 9.18. The highest BCUT2D eigenvalue weighted by atomic mass is 16.2. The second-order valence-electron chi connectivity index (χ2n) is 5.69. The van der Waals surface area contributed by atoms with Gasteiger partial charge in [0.15, 0.2) is 5.69 Å². The topological polar surface area (TPSA) is 57.8 Å². The van der Waals surface area contributed by atoms with E-state index in [4.69, 9.17) is 0 Å². The summed E-state index contributed by atoms with van der Waals surface area (Å²) >= 11 is 0. The first-order valence-electron chi connectivity index (χ1n) is 6.94. The third-order valence-electron chi connectivity index (χ3n) is 4.06. The number of hydrogen-bond acceptors (Lipinski definition) is 2. The zero-order chi connectivity index (χ0) is 13.3. The highest BCUT2D eigenvalue weighted by Gasteiger charge is 2.29. The number of aromatic amines is 1. The third-order valence-corrected chi connectivity index (χ3v) is 4.06. The van der Waals surface area contributed by atoms with Gasteiger partial charge in [0.05, 0.1) is 5.52 Å². The maximum atomic E-state index is 12.4. The van der Waals surface area contributed by atoms with Gasteiger partial charge in [-0.05, 0) is 25.8 Å². The second kappa shape index (κ2) is 4.68. The van der Waals surface area contributed by atoms with Crippen LogP contribution >= 0.6 is 0 Å². The van der Waals surface area contributed by atoms with E-state index in [1.807, 2.05) is 24.3 Å². The van der Waals surface area contributed by atoms with E-state index < -0.39 is 0 Å². The number of aromatic nitrogens is 2. The van der Waals surface area contributed by atoms with E-state index in [1.165, 1.54) is 19.3 Å². The zero-order valence-electron chi connectivity index (χ0n) is 11.2. The molecule has 4 heteroatoms. The Morgan fingerprint density at radius 2 is 2.00 bits per heavy atom. The van der Waals surface area contributed by atoms with Crippen LogP contribution in [0.4, 0.5) is 0 Å². The van der Waals surface area contributed by atoms with Crippen molar-refractivity contribution in [3.8, 4) is 0 Å². The fraction of sp³-hybridized carbons (Fsp3) is 0.467. The quantitative estimate of drug-likeness (QED) is 0.868. The minimum atomic E-state index is -0.0740. The summed E-state index contributed by atoms with van der Waals surface area (Å²) in [6.07, 6.45) is 5.77. The first-order valence-corrected chi connectivity index (χ1v) is 6.94. The van der Waals surface area contributed by atoms with Crippen molar-refractivity contribution in [2.45, 2.75) is 44.6 Å². The Morgan fingerprint density at radius 3 is 2.79 bits per heavy atom. The van der Waals surface area contributed by atoms with E-state index in [9.17, 15) is 4.79 Å². The van der Waals surface area contributed by atoms with Gasteiger partial charge in [0.25, 0.3) is 5.91 Å². The number of carbonyl (C=O) groups is 1. The van der Waals surface area contributed by atoms with Crippen LogP contribution in [0.3, 0.4) is 0 Å². The van der Waals surface area contributed by atoms with Crippen LogP contribution in [0.2, 0.25) is 0 Å². The molecule has 1 aliphatic carbocycles. The standard InChI is InChI=1S/C15H19N3O/c1-15(9-5-2-6-10-15)16-14(19)13-11-7-3-4-8-12(11)17-18-13/h3-4,7-8H,2,5-6,9-10H2,1H3,(H,16,19)(H,17,18). The summed E-state index contributed by atoms with van der Waals surface area (Å²) in [5.74, 6) is -0.0677. The Labute approximate surface area is 112 Å². The van der Waals surface area contributed by atoms with Crippen LogP contribution in [0.15, 0.2) is 24.3 Å². The molecule has 0 aliphatic heterocycles. The molecule has 0 radical (unpaired) electrons. The van der Waals surface area contributed by atoms with Gasteiger partial charge in [-0.2, -0.15) is 5.10 Å². The van der Waals surface area contributed by atoms with Crippen molar-refractivity contribution in [3.63, 3.8) is 0 Å². The van der Waals surface area contributed by atoms with Crippen LogP contribution in [-0.2, 0) is 0 Å². The molecule has 0 unspecified atom stereocenters. The highest BCUT2D eigenvalue weighted by Crippen LogP contribution is 2.28. The molecule has 0 spiro atoms. The Kier molecular flexibility index (Phi) is 3.01. The first kappa shape index (κ1) is 12.2. The zero-order valence-corrected chi connectivity index (χ0v) is 11.2. The van der Waals surface area contributed by atoms with Gasteiger partial charge in [-0.3, -0.25) is 9.89 Å². The number of amides is 1. The number of hydrogen-bond donors (Lipinski definition) is 2. The smallest absolute Gasteiger partial charge is 0.272 e. The number of benzene rings is 1. The maximum Gasteiger partial charge on any atom is 0.272 e. The number of carbonyl (C=O) groups excluding carboxylic acids is 1. The maximum absolute atomic E-state index is 12.4. The number of rotatable bonds is 2. The van der Waals surface area contributed by atoms with Gasteiger partial charge in [-0.1, -0.05) is 37.5 Å². The van der Waals surface area contributed by atoms with Crippen molar-refractivity contribution in [3.05, 3.63) is 30.0 Å². The Morgan fingerprint density at radius 1 is 1.26 bits per heavy atom. The van der Waals surface area contributed by atoms with E-state index in [1.54, 1.807) is 0 Å². The lowest BCUT2D eigenvalue weighted by atomic mass is 9.83. The van der Waals surface area contributed by atoms with Crippen molar-refractivity contribution in [2.24, 2.45) is 0 Å². The number of H-pyrrole nitrogens is 1. The summed E-state index contributed by atoms with van der Waals surface area (Å²) in [5, 5.41) is 11.1. The molecule has 1 heterocycles. The van der Waals surface area contributed by atoms with Crippen molar-refractivity contribution in [1.82, 2.24) is 15.5 Å². The van der Waals surface area contributed by atoms with E-state index >= 15 is 0 Å². The Balaban J connectivity index is 1.84. The lowest BCUT2D eigenvalue weighted by Crippen LogP contribution is -2.47. The molecule has 1 aromatic carbocycles. The number of fused-ring (bicyclic) bond motifs is 1. The molecule has 1 saturated carbocycles.